The number of hydrogen-bond donors (Lipinski definition) is 0. The first-order valence-electron chi connectivity index (χ1n) is 3.79. The zero-order valence-electron chi connectivity index (χ0n) is 7.09. The molecule has 0 saturated heterocycles. The molecule has 0 bridgehead atoms. The Morgan fingerprint density at radius 1 is 0.692 bits per heavy atom. The van der Waals surface area contributed by atoms with E-state index in [0.717, 1.165) is 11.4 Å². The molecule has 61 valence electrons. The van der Waals surface area contributed by atoms with Crippen LogP contribution in [0.3, 0.4) is 0 Å². The van der Waals surface area contributed by atoms with Crippen molar-refractivity contribution in [2.45, 2.75) is 0 Å². The van der Waals surface area contributed by atoms with Crippen molar-refractivity contribution in [3.8, 4) is 11.4 Å². The number of nitrogens with zero attached hydrogens (tertiary/aromatic N) is 2. The van der Waals surface area contributed by atoms with Crippen LogP contribution in [0.5, 0.6) is 0 Å². The molecule has 0 aliphatic rings. The molecule has 0 amide bonds. The molecule has 0 aliphatic carbocycles. The van der Waals surface area contributed by atoms with Crippen LogP contribution >= 0.6 is 0 Å². The van der Waals surface area contributed by atoms with Gasteiger partial charge in [0.1, 0.15) is 0 Å². The third kappa shape index (κ3) is 2.56. The second-order valence-electron chi connectivity index (χ2n) is 2.43. The van der Waals surface area contributed by atoms with Crippen LogP contribution < -0.4 is 0 Å². The van der Waals surface area contributed by atoms with Gasteiger partial charge in [0.05, 0.1) is 11.4 Å². The number of hydrogen-bond acceptors (Lipinski definition) is 2. The summed E-state index contributed by atoms with van der Waals surface area (Å²) in [6.07, 6.45) is 3.54. The number of rotatable bonds is 1. The van der Waals surface area contributed by atoms with Gasteiger partial charge in [-0.1, -0.05) is 12.1 Å². The topological polar surface area (TPSA) is 25.8 Å². The summed E-state index contributed by atoms with van der Waals surface area (Å²) in [5, 5.41) is 0. The van der Waals surface area contributed by atoms with E-state index in [1.54, 1.807) is 12.4 Å². The van der Waals surface area contributed by atoms with Crippen molar-refractivity contribution in [1.29, 1.82) is 0 Å². The van der Waals surface area contributed by atoms with E-state index in [1.165, 1.54) is 0 Å². The molecule has 0 spiro atoms. The van der Waals surface area contributed by atoms with Crippen LogP contribution in [0.15, 0.2) is 48.8 Å². The maximum Gasteiger partial charge on any atom is 0.0886 e. The SMILES string of the molecule is [Sc].c1ccc(-c2ccccn2)nc1. The smallest absolute Gasteiger partial charge is 0.0886 e. The van der Waals surface area contributed by atoms with Crippen molar-refractivity contribution in [1.82, 2.24) is 9.97 Å². The predicted octanol–water partition coefficient (Wildman–Crippen LogP) is 2.14. The second kappa shape index (κ2) is 5.02. The van der Waals surface area contributed by atoms with Gasteiger partial charge in [-0.25, -0.2) is 0 Å². The Morgan fingerprint density at radius 2 is 1.15 bits per heavy atom. The van der Waals surface area contributed by atoms with Crippen molar-refractivity contribution < 1.29 is 25.8 Å². The van der Waals surface area contributed by atoms with Crippen molar-refractivity contribution in [2.24, 2.45) is 0 Å². The normalized spacial score (nSPS) is 8.92. The van der Waals surface area contributed by atoms with Gasteiger partial charge < -0.3 is 0 Å². The predicted molar refractivity (Wildman–Crippen MR) is 47.5 cm³/mol. The molecule has 0 unspecified atom stereocenters. The van der Waals surface area contributed by atoms with Gasteiger partial charge in [0, 0.05) is 38.2 Å². The summed E-state index contributed by atoms with van der Waals surface area (Å²) < 4.78 is 0. The minimum Gasteiger partial charge on any atom is -0.255 e. The van der Waals surface area contributed by atoms with Crippen LogP contribution in [-0.4, -0.2) is 9.97 Å². The molecule has 3 heteroatoms. The monoisotopic (exact) mass is 201 g/mol. The minimum absolute atomic E-state index is 0. The van der Waals surface area contributed by atoms with Gasteiger partial charge in [0.2, 0.25) is 0 Å². The van der Waals surface area contributed by atoms with Crippen molar-refractivity contribution in [2.75, 3.05) is 0 Å². The zero-order chi connectivity index (χ0) is 8.23. The third-order valence-corrected chi connectivity index (χ3v) is 1.59. The molecule has 2 aromatic heterocycles. The van der Waals surface area contributed by atoms with Gasteiger partial charge in [-0.3, -0.25) is 9.97 Å². The largest absolute Gasteiger partial charge is 0.255 e. The molecule has 0 atom stereocenters. The molecule has 0 N–H and O–H groups in total. The molecule has 0 aromatic carbocycles. The van der Waals surface area contributed by atoms with Crippen molar-refractivity contribution in [3.63, 3.8) is 0 Å². The number of aromatic nitrogens is 2. The van der Waals surface area contributed by atoms with Crippen LogP contribution in [0.4, 0.5) is 0 Å². The fourth-order valence-corrected chi connectivity index (χ4v) is 1.03. The summed E-state index contributed by atoms with van der Waals surface area (Å²) >= 11 is 0. The molecule has 2 rings (SSSR count). The zero-order valence-corrected chi connectivity index (χ0v) is 8.89. The van der Waals surface area contributed by atoms with E-state index in [2.05, 4.69) is 9.97 Å². The molecular weight excluding hydrogens is 193 g/mol. The van der Waals surface area contributed by atoms with Crippen LogP contribution in [0, 0.1) is 0 Å². The first kappa shape index (κ1) is 10.3. The number of pyridine rings is 2. The van der Waals surface area contributed by atoms with Crippen molar-refractivity contribution >= 4 is 0 Å². The summed E-state index contributed by atoms with van der Waals surface area (Å²) in [4.78, 5) is 8.37. The van der Waals surface area contributed by atoms with E-state index < -0.39 is 0 Å². The van der Waals surface area contributed by atoms with E-state index >= 15 is 0 Å². The fourth-order valence-electron chi connectivity index (χ4n) is 1.03. The summed E-state index contributed by atoms with van der Waals surface area (Å²) in [6, 6.07) is 11.6. The molecule has 2 aromatic rings. The van der Waals surface area contributed by atoms with Crippen molar-refractivity contribution in [3.05, 3.63) is 48.8 Å². The third-order valence-electron chi connectivity index (χ3n) is 1.59. The van der Waals surface area contributed by atoms with E-state index in [-0.39, 0.29) is 25.8 Å². The van der Waals surface area contributed by atoms with Gasteiger partial charge in [-0.05, 0) is 24.3 Å². The molecule has 13 heavy (non-hydrogen) atoms. The molecule has 1 radical (unpaired) electrons. The van der Waals surface area contributed by atoms with E-state index in [4.69, 9.17) is 0 Å². The van der Waals surface area contributed by atoms with Gasteiger partial charge in [0.15, 0.2) is 0 Å². The van der Waals surface area contributed by atoms with Crippen LogP contribution in [0.1, 0.15) is 0 Å². The summed E-state index contributed by atoms with van der Waals surface area (Å²) in [5.41, 5.74) is 1.83. The van der Waals surface area contributed by atoms with E-state index in [9.17, 15) is 0 Å². The Hall–Kier alpha value is -0.830. The van der Waals surface area contributed by atoms with Gasteiger partial charge in [-0.2, -0.15) is 0 Å². The Balaban J connectivity index is 0.000000845. The molecule has 2 heterocycles. The average molecular weight is 201 g/mol. The fraction of sp³-hybridized carbons (Fsp3) is 0. The maximum atomic E-state index is 4.19. The van der Waals surface area contributed by atoms with E-state index in [0.29, 0.717) is 0 Å². The molecular formula is C10H8N2Sc. The Labute approximate surface area is 95.8 Å². The Kier molecular flexibility index (Phi) is 3.96. The summed E-state index contributed by atoms with van der Waals surface area (Å²) in [5.74, 6) is 0. The Morgan fingerprint density at radius 3 is 1.46 bits per heavy atom. The quantitative estimate of drug-likeness (QED) is 0.706. The standard InChI is InChI=1S/C10H8N2.Sc/c1-3-7-11-9(5-1)10-6-2-4-8-12-10;/h1-8H;. The van der Waals surface area contributed by atoms with Crippen LogP contribution in [0.25, 0.3) is 11.4 Å². The van der Waals surface area contributed by atoms with Gasteiger partial charge in [0.25, 0.3) is 0 Å². The van der Waals surface area contributed by atoms with Crippen LogP contribution in [0.2, 0.25) is 0 Å². The first-order chi connectivity index (χ1) is 5.97. The van der Waals surface area contributed by atoms with Gasteiger partial charge in [-0.15, -0.1) is 0 Å². The van der Waals surface area contributed by atoms with Crippen LogP contribution in [-0.2, 0) is 25.8 Å². The maximum absolute atomic E-state index is 4.19. The molecule has 0 saturated carbocycles. The summed E-state index contributed by atoms with van der Waals surface area (Å²) in [7, 11) is 0. The first-order valence-corrected chi connectivity index (χ1v) is 3.79. The second-order valence-corrected chi connectivity index (χ2v) is 2.43. The molecule has 0 aliphatic heterocycles. The summed E-state index contributed by atoms with van der Waals surface area (Å²) in [6.45, 7) is 0. The average Bonchev–Trinajstić information content (AvgIpc) is 2.21. The Bertz CT molecular complexity index is 310. The minimum atomic E-state index is 0. The van der Waals surface area contributed by atoms with E-state index in [1.807, 2.05) is 36.4 Å². The molecule has 2 nitrogen and oxygen atoms in total. The molecule has 0 fully saturated rings. The van der Waals surface area contributed by atoms with Gasteiger partial charge >= 0.3 is 0 Å².